The average Bonchev–Trinajstić information content (AvgIpc) is 3.38. The highest BCUT2D eigenvalue weighted by atomic mass is 35.5. The first-order chi connectivity index (χ1) is 21.0. The van der Waals surface area contributed by atoms with Crippen molar-refractivity contribution in [3.63, 3.8) is 0 Å². The number of nitrogens with zero attached hydrogens (tertiary/aromatic N) is 3. The molecule has 14 heteroatoms. The molecule has 3 aromatic rings. The third kappa shape index (κ3) is 7.20. The molecule has 45 heavy (non-hydrogen) atoms. The molecule has 3 heterocycles. The lowest BCUT2D eigenvalue weighted by molar-refractivity contribution is -0.155. The highest BCUT2D eigenvalue weighted by Gasteiger charge is 2.56. The molecule has 1 atom stereocenters. The first-order valence-corrected chi connectivity index (χ1v) is 18.5. The van der Waals surface area contributed by atoms with Gasteiger partial charge in [-0.3, -0.25) is 10.1 Å². The molecule has 242 valence electrons. The second-order valence-electron chi connectivity index (χ2n) is 13.1. The fourth-order valence-corrected chi connectivity index (χ4v) is 6.32. The number of anilines is 1. The van der Waals surface area contributed by atoms with E-state index in [0.717, 1.165) is 25.3 Å². The van der Waals surface area contributed by atoms with E-state index < -0.39 is 49.4 Å². The van der Waals surface area contributed by atoms with Gasteiger partial charge in [0, 0.05) is 44.0 Å². The van der Waals surface area contributed by atoms with Crippen LogP contribution in [0.1, 0.15) is 48.8 Å². The number of hydrogen-bond acceptors (Lipinski definition) is 8. The molecule has 0 bridgehead atoms. The number of carbonyl (C=O) groups excluding carboxylic acids is 4. The molecular weight excluding hydrogens is 623 g/mol. The molecule has 0 aliphatic carbocycles. The molecule has 0 spiro atoms. The largest absolute Gasteiger partial charge is 0.467 e. The standard InChI is InChI=1S/C31H38ClFN4O7Si/c1-30(2,3)44-29(41)35-25-16-23(32)26-24(34-25)15-20(36(26)18-43-12-13-45(5,6)7)17-37-27(39)21-14-19(33)8-9-22(21)31(37,10-11-38)28(40)42-4/h8-9,11,14-16H,10,12-13,17-18H2,1-7H3,(H,34,35,41)/t31-/m0/s1. The van der Waals surface area contributed by atoms with Gasteiger partial charge < -0.3 is 28.5 Å². The number of esters is 1. The Bertz CT molecular complexity index is 1650. The Kier molecular flexibility index (Phi) is 9.76. The number of aldehydes is 1. The predicted octanol–water partition coefficient (Wildman–Crippen LogP) is 6.10. The minimum Gasteiger partial charge on any atom is -0.467 e. The van der Waals surface area contributed by atoms with Gasteiger partial charge in [0.15, 0.2) is 5.54 Å². The summed E-state index contributed by atoms with van der Waals surface area (Å²) in [5.74, 6) is -2.03. The van der Waals surface area contributed by atoms with E-state index in [-0.39, 0.29) is 35.2 Å². The molecule has 1 aliphatic rings. The number of halogens is 2. The molecule has 1 aliphatic heterocycles. The van der Waals surface area contributed by atoms with Gasteiger partial charge in [0.25, 0.3) is 5.91 Å². The van der Waals surface area contributed by atoms with Crippen molar-refractivity contribution in [2.24, 2.45) is 0 Å². The first-order valence-electron chi connectivity index (χ1n) is 14.4. The molecule has 4 rings (SSSR count). The number of ether oxygens (including phenoxy) is 3. The van der Waals surface area contributed by atoms with Crippen molar-refractivity contribution < 1.29 is 37.8 Å². The number of nitrogens with one attached hydrogen (secondary N) is 1. The molecule has 11 nitrogen and oxygen atoms in total. The minimum atomic E-state index is -1.84. The quantitative estimate of drug-likeness (QED) is 0.113. The summed E-state index contributed by atoms with van der Waals surface area (Å²) < 4.78 is 32.5. The van der Waals surface area contributed by atoms with Gasteiger partial charge in [0.05, 0.1) is 29.7 Å². The summed E-state index contributed by atoms with van der Waals surface area (Å²) in [6.45, 7) is 12.2. The van der Waals surface area contributed by atoms with Crippen molar-refractivity contribution in [2.45, 2.75) is 77.3 Å². The van der Waals surface area contributed by atoms with Crippen LogP contribution in [0.15, 0.2) is 30.3 Å². The van der Waals surface area contributed by atoms with Crippen LogP contribution in [-0.2, 0) is 42.6 Å². The third-order valence-electron chi connectivity index (χ3n) is 7.32. The molecule has 0 radical (unpaired) electrons. The number of methoxy groups -OCH3 is 1. The van der Waals surface area contributed by atoms with Gasteiger partial charge in [0.1, 0.15) is 30.3 Å². The van der Waals surface area contributed by atoms with Crippen LogP contribution in [0.5, 0.6) is 0 Å². The zero-order valence-electron chi connectivity index (χ0n) is 26.5. The fourth-order valence-electron chi connectivity index (χ4n) is 5.26. The maximum Gasteiger partial charge on any atom is 0.413 e. The van der Waals surface area contributed by atoms with Gasteiger partial charge in [-0.15, -0.1) is 0 Å². The highest BCUT2D eigenvalue weighted by Crippen LogP contribution is 2.44. The molecule has 1 aromatic carbocycles. The van der Waals surface area contributed by atoms with Gasteiger partial charge in [-0.05, 0) is 45.0 Å². The Morgan fingerprint density at radius 3 is 2.51 bits per heavy atom. The van der Waals surface area contributed by atoms with Crippen molar-refractivity contribution in [2.75, 3.05) is 19.0 Å². The molecule has 0 unspecified atom stereocenters. The zero-order valence-corrected chi connectivity index (χ0v) is 28.2. The Balaban J connectivity index is 1.82. The van der Waals surface area contributed by atoms with E-state index in [2.05, 4.69) is 29.9 Å². The van der Waals surface area contributed by atoms with Crippen molar-refractivity contribution >= 4 is 60.8 Å². The van der Waals surface area contributed by atoms with Crippen LogP contribution in [0.25, 0.3) is 11.0 Å². The average molecular weight is 661 g/mol. The van der Waals surface area contributed by atoms with Crippen LogP contribution in [0.2, 0.25) is 30.7 Å². The number of fused-ring (bicyclic) bond motifs is 2. The van der Waals surface area contributed by atoms with Crippen molar-refractivity contribution in [1.29, 1.82) is 0 Å². The number of pyridine rings is 1. The van der Waals surface area contributed by atoms with Crippen LogP contribution in [-0.4, -0.2) is 66.1 Å². The summed E-state index contributed by atoms with van der Waals surface area (Å²) in [5.41, 5.74) is -1.16. The maximum atomic E-state index is 14.3. The zero-order chi connectivity index (χ0) is 33.3. The van der Waals surface area contributed by atoms with E-state index in [1.807, 2.05) is 0 Å². The highest BCUT2D eigenvalue weighted by molar-refractivity contribution is 6.76. The van der Waals surface area contributed by atoms with Crippen LogP contribution in [0.3, 0.4) is 0 Å². The third-order valence-corrected chi connectivity index (χ3v) is 9.32. The molecule has 0 saturated heterocycles. The van der Waals surface area contributed by atoms with E-state index in [1.165, 1.54) is 17.0 Å². The summed E-state index contributed by atoms with van der Waals surface area (Å²) in [6.07, 6.45) is -0.610. The van der Waals surface area contributed by atoms with Gasteiger partial charge in [-0.2, -0.15) is 0 Å². The Morgan fingerprint density at radius 2 is 1.89 bits per heavy atom. The second kappa shape index (κ2) is 12.9. The molecule has 0 saturated carbocycles. The number of aromatic nitrogens is 2. The van der Waals surface area contributed by atoms with Gasteiger partial charge in [-0.25, -0.2) is 19.0 Å². The molecule has 0 fully saturated rings. The van der Waals surface area contributed by atoms with Gasteiger partial charge >= 0.3 is 12.1 Å². The van der Waals surface area contributed by atoms with Gasteiger partial charge in [0.2, 0.25) is 0 Å². The van der Waals surface area contributed by atoms with Crippen molar-refractivity contribution in [3.8, 4) is 0 Å². The minimum absolute atomic E-state index is 0.0338. The molecular formula is C31H38ClFN4O7Si. The van der Waals surface area contributed by atoms with E-state index in [0.29, 0.717) is 29.6 Å². The first kappa shape index (κ1) is 34.1. The summed E-state index contributed by atoms with van der Waals surface area (Å²) in [6, 6.07) is 7.52. The van der Waals surface area contributed by atoms with Gasteiger partial charge in [-0.1, -0.05) is 37.3 Å². The Hall–Kier alpha value is -3.81. The van der Waals surface area contributed by atoms with Crippen LogP contribution in [0, 0.1) is 5.82 Å². The molecule has 2 amide bonds. The van der Waals surface area contributed by atoms with E-state index in [9.17, 15) is 23.6 Å². The van der Waals surface area contributed by atoms with E-state index in [1.54, 1.807) is 31.4 Å². The lowest BCUT2D eigenvalue weighted by atomic mass is 9.86. The summed E-state index contributed by atoms with van der Waals surface area (Å²) in [7, 11) is -0.257. The number of carbonyl (C=O) groups is 4. The van der Waals surface area contributed by atoms with Crippen LogP contribution >= 0.6 is 11.6 Å². The maximum absolute atomic E-state index is 14.3. The summed E-state index contributed by atoms with van der Waals surface area (Å²) >= 11 is 6.75. The second-order valence-corrected chi connectivity index (χ2v) is 19.1. The number of benzene rings is 1. The topological polar surface area (TPSA) is 129 Å². The van der Waals surface area contributed by atoms with Crippen molar-refractivity contribution in [3.05, 3.63) is 58.0 Å². The number of hydrogen-bond donors (Lipinski definition) is 1. The summed E-state index contributed by atoms with van der Waals surface area (Å²) in [5, 5.41) is 2.82. The molecule has 2 aromatic heterocycles. The predicted molar refractivity (Wildman–Crippen MR) is 169 cm³/mol. The normalized spacial score (nSPS) is 16.6. The van der Waals surface area contributed by atoms with Crippen LogP contribution < -0.4 is 5.32 Å². The number of amides is 2. The SMILES string of the molecule is COC(=O)[C@]1(CC=O)c2ccc(F)cc2C(=O)N1Cc1cc2nc(NC(=O)OC(C)(C)C)cc(Cl)c2n1COCC[Si](C)(C)C. The lowest BCUT2D eigenvalue weighted by Gasteiger charge is -2.35. The van der Waals surface area contributed by atoms with Crippen LogP contribution in [0.4, 0.5) is 15.0 Å². The van der Waals surface area contributed by atoms with Crippen molar-refractivity contribution in [1.82, 2.24) is 14.5 Å². The van der Waals surface area contributed by atoms with E-state index >= 15 is 0 Å². The Labute approximate surface area is 267 Å². The monoisotopic (exact) mass is 660 g/mol. The smallest absolute Gasteiger partial charge is 0.413 e. The fraction of sp³-hybridized carbons (Fsp3) is 0.452. The summed E-state index contributed by atoms with van der Waals surface area (Å²) in [4.78, 5) is 57.4. The van der Waals surface area contributed by atoms with E-state index in [4.69, 9.17) is 25.8 Å². The Morgan fingerprint density at radius 1 is 1.18 bits per heavy atom. The number of rotatable bonds is 11. The lowest BCUT2D eigenvalue weighted by Crippen LogP contribution is -2.50. The molecule has 1 N–H and O–H groups in total.